The summed E-state index contributed by atoms with van der Waals surface area (Å²) in [5.41, 5.74) is 0.245. The van der Waals surface area contributed by atoms with Crippen LogP contribution in [0.3, 0.4) is 0 Å². The van der Waals surface area contributed by atoms with Crippen molar-refractivity contribution in [1.82, 2.24) is 15.2 Å². The molecule has 1 saturated heterocycles. The summed E-state index contributed by atoms with van der Waals surface area (Å²) in [5.74, 6) is -0.949. The number of urea groups is 1. The summed E-state index contributed by atoms with van der Waals surface area (Å²) < 4.78 is 0. The summed E-state index contributed by atoms with van der Waals surface area (Å²) in [6, 6.07) is 23.3. The average molecular weight is 449 g/mol. The molecule has 0 spiro atoms. The molecule has 2 N–H and O–H groups in total. The molecule has 34 heavy (non-hydrogen) atoms. The number of nitrogens with zero attached hydrogens (tertiary/aromatic N) is 3. The lowest BCUT2D eigenvalue weighted by molar-refractivity contribution is -0.133. The first-order chi connectivity index (χ1) is 16.4. The van der Waals surface area contributed by atoms with E-state index in [2.05, 4.69) is 21.7 Å². The number of carbonyl (C=O) groups excluding carboxylic acids is 3. The van der Waals surface area contributed by atoms with Crippen molar-refractivity contribution in [3.05, 3.63) is 83.9 Å². The average Bonchev–Trinajstić information content (AvgIpc) is 3.06. The smallest absolute Gasteiger partial charge is 0.319 e. The van der Waals surface area contributed by atoms with Crippen molar-refractivity contribution in [2.24, 2.45) is 0 Å². The van der Waals surface area contributed by atoms with E-state index in [1.54, 1.807) is 37.3 Å². The fourth-order valence-corrected chi connectivity index (χ4v) is 4.19. The molecule has 3 aromatic carbocycles. The van der Waals surface area contributed by atoms with E-state index >= 15 is 0 Å². The lowest BCUT2D eigenvalue weighted by Gasteiger charge is -2.22. The Kier molecular flexibility index (Phi) is 4.95. The minimum atomic E-state index is -1.30. The maximum Gasteiger partial charge on any atom is 0.325 e. The zero-order valence-corrected chi connectivity index (χ0v) is 18.2. The summed E-state index contributed by atoms with van der Waals surface area (Å²) in [7, 11) is 0. The molecule has 0 bridgehead atoms. The predicted octanol–water partition coefficient (Wildman–Crippen LogP) is 3.67. The predicted molar refractivity (Wildman–Crippen MR) is 127 cm³/mol. The monoisotopic (exact) mass is 449 g/mol. The van der Waals surface area contributed by atoms with E-state index < -0.39 is 29.9 Å². The van der Waals surface area contributed by atoms with Crippen molar-refractivity contribution in [1.29, 1.82) is 5.26 Å². The quantitative estimate of drug-likeness (QED) is 0.461. The highest BCUT2D eigenvalue weighted by Gasteiger charge is 2.49. The number of nitriles is 1. The maximum atomic E-state index is 13.2. The number of rotatable bonds is 4. The Hall–Kier alpha value is -4.77. The van der Waals surface area contributed by atoms with Crippen molar-refractivity contribution >= 4 is 45.3 Å². The van der Waals surface area contributed by atoms with Gasteiger partial charge in [0.05, 0.1) is 17.1 Å². The summed E-state index contributed by atoms with van der Waals surface area (Å²) >= 11 is 0. The van der Waals surface area contributed by atoms with Gasteiger partial charge in [-0.05, 0) is 41.5 Å². The maximum absolute atomic E-state index is 13.2. The molecule has 4 amide bonds. The Morgan fingerprint density at radius 3 is 2.59 bits per heavy atom. The molecule has 1 aliphatic rings. The van der Waals surface area contributed by atoms with Gasteiger partial charge in [-0.25, -0.2) is 9.78 Å². The largest absolute Gasteiger partial charge is 0.325 e. The molecule has 1 atom stereocenters. The number of hydrogen-bond acceptors (Lipinski definition) is 5. The number of hydrogen-bond donors (Lipinski definition) is 2. The zero-order chi connectivity index (χ0) is 23.9. The Balaban J connectivity index is 1.37. The third-order valence-corrected chi connectivity index (χ3v) is 6.01. The fraction of sp³-hybridized carbons (Fsp3) is 0.115. The van der Waals surface area contributed by atoms with Gasteiger partial charge in [0.25, 0.3) is 5.91 Å². The third-order valence-electron chi connectivity index (χ3n) is 6.01. The van der Waals surface area contributed by atoms with Crippen LogP contribution < -0.4 is 10.6 Å². The first-order valence-electron chi connectivity index (χ1n) is 10.6. The second kappa shape index (κ2) is 7.98. The van der Waals surface area contributed by atoms with Gasteiger partial charge in [-0.2, -0.15) is 5.26 Å². The first kappa shape index (κ1) is 21.1. The van der Waals surface area contributed by atoms with Gasteiger partial charge in [-0.1, -0.05) is 54.6 Å². The Morgan fingerprint density at radius 1 is 1.06 bits per heavy atom. The summed E-state index contributed by atoms with van der Waals surface area (Å²) in [6.45, 7) is 1.14. The number of benzene rings is 3. The van der Waals surface area contributed by atoms with E-state index in [9.17, 15) is 19.6 Å². The molecule has 0 saturated carbocycles. The van der Waals surface area contributed by atoms with Crippen LogP contribution in [0.1, 0.15) is 18.1 Å². The lowest BCUT2D eigenvalue weighted by Crippen LogP contribution is -2.42. The highest BCUT2D eigenvalue weighted by Crippen LogP contribution is 2.31. The third kappa shape index (κ3) is 3.49. The molecule has 5 rings (SSSR count). The van der Waals surface area contributed by atoms with Crippen molar-refractivity contribution in [2.45, 2.75) is 12.5 Å². The molecule has 8 heteroatoms. The summed E-state index contributed by atoms with van der Waals surface area (Å²) in [5, 5.41) is 17.4. The molecular weight excluding hydrogens is 430 g/mol. The number of pyridine rings is 1. The van der Waals surface area contributed by atoms with E-state index in [-0.39, 0.29) is 5.82 Å². The van der Waals surface area contributed by atoms with Gasteiger partial charge in [-0.15, -0.1) is 0 Å². The van der Waals surface area contributed by atoms with Crippen LogP contribution in [0.25, 0.3) is 21.7 Å². The van der Waals surface area contributed by atoms with Gasteiger partial charge >= 0.3 is 6.03 Å². The van der Waals surface area contributed by atoms with Crippen LogP contribution in [0.2, 0.25) is 0 Å². The fourth-order valence-electron chi connectivity index (χ4n) is 4.19. The van der Waals surface area contributed by atoms with Crippen LogP contribution in [0.4, 0.5) is 10.6 Å². The van der Waals surface area contributed by atoms with Crippen LogP contribution in [-0.4, -0.2) is 34.3 Å². The Bertz CT molecular complexity index is 1540. The highest BCUT2D eigenvalue weighted by atomic mass is 16.2. The van der Waals surface area contributed by atoms with Crippen LogP contribution in [0.5, 0.6) is 0 Å². The highest BCUT2D eigenvalue weighted by molar-refractivity contribution is 6.10. The molecule has 0 radical (unpaired) electrons. The van der Waals surface area contributed by atoms with Gasteiger partial charge in [0, 0.05) is 5.39 Å². The second-order valence-electron chi connectivity index (χ2n) is 8.24. The zero-order valence-electron chi connectivity index (χ0n) is 18.2. The summed E-state index contributed by atoms with van der Waals surface area (Å²) in [4.78, 5) is 43.8. The number of aromatic nitrogens is 1. The van der Waals surface area contributed by atoms with Crippen molar-refractivity contribution in [2.75, 3.05) is 11.9 Å². The van der Waals surface area contributed by atoms with Crippen molar-refractivity contribution < 1.29 is 14.4 Å². The van der Waals surface area contributed by atoms with Crippen LogP contribution in [0, 0.1) is 11.3 Å². The molecule has 166 valence electrons. The molecule has 1 aliphatic heterocycles. The van der Waals surface area contributed by atoms with Crippen LogP contribution in [0.15, 0.2) is 72.8 Å². The molecule has 4 aromatic rings. The van der Waals surface area contributed by atoms with Gasteiger partial charge in [0.2, 0.25) is 5.91 Å². The molecule has 1 fully saturated rings. The standard InChI is InChI=1S/C26H19N5O3/c1-26(19-11-10-16-6-2-3-7-17(16)12-19)24(33)31(25(34)30-26)15-23(32)29-22-13-18(14-27)20-8-4-5-9-21(20)28-22/h2-13H,15H2,1H3,(H,30,34)(H,28,29,32). The molecule has 8 nitrogen and oxygen atoms in total. The van der Waals surface area contributed by atoms with E-state index in [0.29, 0.717) is 22.0 Å². The van der Waals surface area contributed by atoms with Gasteiger partial charge in [0.15, 0.2) is 0 Å². The molecule has 1 unspecified atom stereocenters. The lowest BCUT2D eigenvalue weighted by atomic mass is 9.90. The minimum absolute atomic E-state index is 0.171. The number of fused-ring (bicyclic) bond motifs is 2. The number of anilines is 1. The number of carbonyl (C=O) groups is 3. The van der Waals surface area contributed by atoms with Gasteiger partial charge in [0.1, 0.15) is 17.9 Å². The number of amides is 4. The molecule has 2 heterocycles. The molecule has 1 aromatic heterocycles. The van der Waals surface area contributed by atoms with E-state index in [1.807, 2.05) is 36.4 Å². The topological polar surface area (TPSA) is 115 Å². The Morgan fingerprint density at radius 2 is 1.79 bits per heavy atom. The van der Waals surface area contributed by atoms with E-state index in [4.69, 9.17) is 0 Å². The molecule has 0 aliphatic carbocycles. The number of nitrogens with one attached hydrogen (secondary N) is 2. The van der Waals surface area contributed by atoms with Crippen LogP contribution in [-0.2, 0) is 15.1 Å². The summed E-state index contributed by atoms with van der Waals surface area (Å²) in [6.07, 6.45) is 0. The van der Waals surface area contributed by atoms with E-state index in [1.165, 1.54) is 6.07 Å². The SMILES string of the molecule is CC1(c2ccc3ccccc3c2)NC(=O)N(CC(=O)Nc2cc(C#N)c3ccccc3n2)C1=O. The van der Waals surface area contributed by atoms with Crippen molar-refractivity contribution in [3.8, 4) is 6.07 Å². The number of imide groups is 1. The Labute approximate surface area is 194 Å². The van der Waals surface area contributed by atoms with E-state index in [0.717, 1.165) is 15.7 Å². The van der Waals surface area contributed by atoms with Crippen LogP contribution >= 0.6 is 0 Å². The minimum Gasteiger partial charge on any atom is -0.319 e. The second-order valence-corrected chi connectivity index (χ2v) is 8.24. The van der Waals surface area contributed by atoms with Gasteiger partial charge in [-0.3, -0.25) is 14.5 Å². The molecular formula is C26H19N5O3. The first-order valence-corrected chi connectivity index (χ1v) is 10.6. The van der Waals surface area contributed by atoms with Crippen molar-refractivity contribution in [3.63, 3.8) is 0 Å². The normalized spacial score (nSPS) is 17.6. The number of para-hydroxylation sites is 1. The van der Waals surface area contributed by atoms with Gasteiger partial charge < -0.3 is 10.6 Å².